The van der Waals surface area contributed by atoms with Crippen molar-refractivity contribution in [2.45, 2.75) is 30.8 Å². The van der Waals surface area contributed by atoms with E-state index in [9.17, 15) is 18.0 Å². The van der Waals surface area contributed by atoms with Gasteiger partial charge in [-0.15, -0.1) is 10.2 Å². The Morgan fingerprint density at radius 2 is 2.08 bits per heavy atom. The number of halogens is 3. The van der Waals surface area contributed by atoms with Crippen LogP contribution in [0.25, 0.3) is 0 Å². The van der Waals surface area contributed by atoms with Gasteiger partial charge in [-0.1, -0.05) is 30.0 Å². The molecule has 3 rings (SSSR count). The van der Waals surface area contributed by atoms with Crippen molar-refractivity contribution in [1.29, 1.82) is 0 Å². The molecule has 0 bridgehead atoms. The van der Waals surface area contributed by atoms with Crippen LogP contribution in [0.5, 0.6) is 5.75 Å². The molecule has 2 N–H and O–H groups in total. The van der Waals surface area contributed by atoms with Gasteiger partial charge < -0.3 is 10.6 Å². The number of thioether (sulfide) groups is 1. The molecular formula is C15H15F3N4O2S. The number of benzene rings is 1. The molecule has 0 radical (unpaired) electrons. The highest BCUT2D eigenvalue weighted by Crippen LogP contribution is 2.39. The monoisotopic (exact) mass is 372 g/mol. The van der Waals surface area contributed by atoms with E-state index in [4.69, 9.17) is 10.6 Å². The summed E-state index contributed by atoms with van der Waals surface area (Å²) in [4.78, 5) is 11.7. The van der Waals surface area contributed by atoms with E-state index < -0.39 is 23.8 Å². The summed E-state index contributed by atoms with van der Waals surface area (Å²) < 4.78 is 46.1. The Hall–Kier alpha value is -2.23. The highest BCUT2D eigenvalue weighted by atomic mass is 32.2. The number of para-hydroxylation sites is 1. The summed E-state index contributed by atoms with van der Waals surface area (Å²) in [6, 6.07) is 6.66. The Morgan fingerprint density at radius 3 is 2.80 bits per heavy atom. The molecule has 0 saturated heterocycles. The van der Waals surface area contributed by atoms with Gasteiger partial charge in [0.1, 0.15) is 11.4 Å². The first-order valence-corrected chi connectivity index (χ1v) is 8.41. The highest BCUT2D eigenvalue weighted by Gasteiger charge is 2.49. The van der Waals surface area contributed by atoms with Crippen molar-refractivity contribution in [3.8, 4) is 5.75 Å². The van der Waals surface area contributed by atoms with Crippen molar-refractivity contribution >= 4 is 11.8 Å². The zero-order valence-corrected chi connectivity index (χ0v) is 14.0. The second-order valence-electron chi connectivity index (χ2n) is 5.71. The van der Waals surface area contributed by atoms with Crippen LogP contribution in [0.4, 0.5) is 13.2 Å². The van der Waals surface area contributed by atoms with Crippen LogP contribution < -0.4 is 16.1 Å². The SMILES string of the molecule is Cc1nnc(SC[C@@H]2Cc3ccccc3O[C@H]2C(F)(F)F)n(N)c1=O. The molecular weight excluding hydrogens is 357 g/mol. The van der Waals surface area contributed by atoms with E-state index >= 15 is 0 Å². The molecule has 6 nitrogen and oxygen atoms in total. The van der Waals surface area contributed by atoms with Crippen molar-refractivity contribution in [1.82, 2.24) is 14.9 Å². The van der Waals surface area contributed by atoms with E-state index in [0.29, 0.717) is 5.56 Å². The maximum absolute atomic E-state index is 13.4. The van der Waals surface area contributed by atoms with Crippen molar-refractivity contribution < 1.29 is 17.9 Å². The summed E-state index contributed by atoms with van der Waals surface area (Å²) in [5.74, 6) is 5.07. The van der Waals surface area contributed by atoms with Crippen LogP contribution in [0.1, 0.15) is 11.3 Å². The third-order valence-corrected chi connectivity index (χ3v) is 5.04. The largest absolute Gasteiger partial charge is 0.480 e. The Morgan fingerprint density at radius 1 is 1.36 bits per heavy atom. The third-order valence-electron chi connectivity index (χ3n) is 3.91. The van der Waals surface area contributed by atoms with Crippen LogP contribution >= 0.6 is 11.8 Å². The lowest BCUT2D eigenvalue weighted by molar-refractivity contribution is -0.211. The van der Waals surface area contributed by atoms with Crippen LogP contribution in [0.3, 0.4) is 0 Å². The zero-order valence-electron chi connectivity index (χ0n) is 13.2. The molecule has 0 amide bonds. The molecule has 2 aromatic rings. The van der Waals surface area contributed by atoms with E-state index in [0.717, 1.165) is 16.4 Å². The number of nitrogens with zero attached hydrogens (tertiary/aromatic N) is 3. The summed E-state index contributed by atoms with van der Waals surface area (Å²) in [6.07, 6.45) is -6.21. The van der Waals surface area contributed by atoms with Crippen molar-refractivity contribution in [3.05, 3.63) is 45.9 Å². The molecule has 2 atom stereocenters. The number of aromatic nitrogens is 3. The summed E-state index contributed by atoms with van der Waals surface area (Å²) >= 11 is 0.955. The molecule has 1 aromatic heterocycles. The van der Waals surface area contributed by atoms with Gasteiger partial charge in [-0.25, -0.2) is 0 Å². The number of hydrogen-bond donors (Lipinski definition) is 1. The molecule has 2 heterocycles. The van der Waals surface area contributed by atoms with Gasteiger partial charge in [-0.2, -0.15) is 17.8 Å². The quantitative estimate of drug-likeness (QED) is 0.655. The summed E-state index contributed by atoms with van der Waals surface area (Å²) in [7, 11) is 0. The van der Waals surface area contributed by atoms with Crippen LogP contribution in [0, 0.1) is 12.8 Å². The van der Waals surface area contributed by atoms with Crippen LogP contribution in [0.15, 0.2) is 34.2 Å². The summed E-state index contributed by atoms with van der Waals surface area (Å²) in [6.45, 7) is 1.46. The molecule has 0 aliphatic carbocycles. The molecule has 0 fully saturated rings. The minimum atomic E-state index is -4.50. The molecule has 10 heteroatoms. The van der Waals surface area contributed by atoms with Gasteiger partial charge in [0.25, 0.3) is 5.56 Å². The van der Waals surface area contributed by atoms with Crippen molar-refractivity contribution in [2.24, 2.45) is 5.92 Å². The fourth-order valence-electron chi connectivity index (χ4n) is 2.64. The average molecular weight is 372 g/mol. The van der Waals surface area contributed by atoms with Gasteiger partial charge >= 0.3 is 6.18 Å². The predicted molar refractivity (Wildman–Crippen MR) is 86.0 cm³/mol. The molecule has 1 aromatic carbocycles. The number of nitrogens with two attached hydrogens (primary N) is 1. The minimum Gasteiger partial charge on any atom is -0.480 e. The lowest BCUT2D eigenvalue weighted by Gasteiger charge is -2.34. The topological polar surface area (TPSA) is 83.0 Å². The number of alkyl halides is 3. The Balaban J connectivity index is 1.82. The standard InChI is InChI=1S/C15H15F3N4O2S/c1-8-13(23)22(19)14(21-20-8)25-7-10-6-9-4-2-3-5-11(9)24-12(10)15(16,17)18/h2-5,10,12H,6-7,19H2,1H3/t10-,12+/m0/s1. The Labute approximate surface area is 145 Å². The predicted octanol–water partition coefficient (Wildman–Crippen LogP) is 1.93. The number of nitrogen functional groups attached to an aromatic ring is 1. The molecule has 1 aliphatic rings. The average Bonchev–Trinajstić information content (AvgIpc) is 2.57. The number of rotatable bonds is 3. The fourth-order valence-corrected chi connectivity index (χ4v) is 3.62. The van der Waals surface area contributed by atoms with Gasteiger partial charge in [0.05, 0.1) is 0 Å². The van der Waals surface area contributed by atoms with E-state index in [1.54, 1.807) is 18.2 Å². The van der Waals surface area contributed by atoms with E-state index in [1.165, 1.54) is 13.0 Å². The molecule has 0 saturated carbocycles. The fraction of sp³-hybridized carbons (Fsp3) is 0.400. The molecule has 134 valence electrons. The molecule has 0 spiro atoms. The number of ether oxygens (including phenoxy) is 1. The number of aryl methyl sites for hydroxylation is 1. The minimum absolute atomic E-state index is 0.0346. The van der Waals surface area contributed by atoms with Gasteiger partial charge in [0.15, 0.2) is 6.10 Å². The lowest BCUT2D eigenvalue weighted by atomic mass is 9.92. The van der Waals surface area contributed by atoms with Gasteiger partial charge in [-0.05, 0) is 25.0 Å². The van der Waals surface area contributed by atoms with Gasteiger partial charge in [0, 0.05) is 11.7 Å². The lowest BCUT2D eigenvalue weighted by Crippen LogP contribution is -2.45. The van der Waals surface area contributed by atoms with E-state index in [1.807, 2.05) is 0 Å². The highest BCUT2D eigenvalue weighted by molar-refractivity contribution is 7.99. The first kappa shape index (κ1) is 17.6. The third kappa shape index (κ3) is 3.58. The molecule has 0 unspecified atom stereocenters. The van der Waals surface area contributed by atoms with Crippen LogP contribution in [-0.2, 0) is 6.42 Å². The number of fused-ring (bicyclic) bond motifs is 1. The molecule has 1 aliphatic heterocycles. The second kappa shape index (κ2) is 6.58. The van der Waals surface area contributed by atoms with Gasteiger partial charge in [0.2, 0.25) is 5.16 Å². The maximum Gasteiger partial charge on any atom is 0.425 e. The van der Waals surface area contributed by atoms with Gasteiger partial charge in [-0.3, -0.25) is 4.79 Å². The maximum atomic E-state index is 13.4. The smallest absolute Gasteiger partial charge is 0.425 e. The first-order valence-electron chi connectivity index (χ1n) is 7.43. The van der Waals surface area contributed by atoms with Crippen molar-refractivity contribution in [2.75, 3.05) is 11.6 Å². The zero-order chi connectivity index (χ0) is 18.2. The van der Waals surface area contributed by atoms with E-state index in [2.05, 4.69) is 10.2 Å². The first-order chi connectivity index (χ1) is 11.8. The molecule has 25 heavy (non-hydrogen) atoms. The number of hydrogen-bond acceptors (Lipinski definition) is 6. The second-order valence-corrected chi connectivity index (χ2v) is 6.69. The summed E-state index contributed by atoms with van der Waals surface area (Å²) in [5.41, 5.74) is 0.304. The Bertz CT molecular complexity index is 840. The Kier molecular flexibility index (Phi) is 4.63. The van der Waals surface area contributed by atoms with Crippen LogP contribution in [0.2, 0.25) is 0 Å². The van der Waals surface area contributed by atoms with Crippen LogP contribution in [-0.4, -0.2) is 32.9 Å². The van der Waals surface area contributed by atoms with Crippen molar-refractivity contribution in [3.63, 3.8) is 0 Å². The summed E-state index contributed by atoms with van der Waals surface area (Å²) in [5, 5.41) is 7.52. The van der Waals surface area contributed by atoms with E-state index in [-0.39, 0.29) is 28.8 Å². The normalized spacial score (nSPS) is 20.0.